The Kier molecular flexibility index (Phi) is 5.29. The van der Waals surface area contributed by atoms with Crippen LogP contribution >= 0.6 is 0 Å². The van der Waals surface area contributed by atoms with Gasteiger partial charge in [0.1, 0.15) is 0 Å². The minimum absolute atomic E-state index is 0.0169. The maximum absolute atomic E-state index is 12.6. The molecule has 0 spiro atoms. The summed E-state index contributed by atoms with van der Waals surface area (Å²) in [4.78, 5) is 12.6. The SMILES string of the molecule is N#Cc1ccc(-n2cc(C(=O)Cc3ccc([C@H]4CNCCO4)cc3)cn2)cc1. The molecule has 28 heavy (non-hydrogen) atoms. The van der Waals surface area contributed by atoms with Crippen LogP contribution in [0.5, 0.6) is 0 Å². The number of morpholine rings is 1. The third kappa shape index (κ3) is 4.01. The van der Waals surface area contributed by atoms with Gasteiger partial charge < -0.3 is 10.1 Å². The third-order valence-corrected chi connectivity index (χ3v) is 4.81. The van der Waals surface area contributed by atoms with Gasteiger partial charge in [0.25, 0.3) is 0 Å². The van der Waals surface area contributed by atoms with E-state index in [1.54, 1.807) is 41.3 Å². The minimum Gasteiger partial charge on any atom is -0.371 e. The van der Waals surface area contributed by atoms with Gasteiger partial charge in [-0.1, -0.05) is 24.3 Å². The molecule has 3 aromatic rings. The van der Waals surface area contributed by atoms with E-state index in [9.17, 15) is 4.79 Å². The van der Waals surface area contributed by atoms with Gasteiger partial charge in [-0.05, 0) is 35.4 Å². The molecule has 0 amide bonds. The highest BCUT2D eigenvalue weighted by atomic mass is 16.5. The van der Waals surface area contributed by atoms with Gasteiger partial charge in [0.2, 0.25) is 0 Å². The van der Waals surface area contributed by atoms with Gasteiger partial charge in [-0.25, -0.2) is 4.68 Å². The van der Waals surface area contributed by atoms with Crippen molar-refractivity contribution in [3.8, 4) is 11.8 Å². The number of ketones is 1. The monoisotopic (exact) mass is 372 g/mol. The Labute approximate surface area is 163 Å². The van der Waals surface area contributed by atoms with Crippen molar-refractivity contribution in [3.05, 3.63) is 83.2 Å². The highest BCUT2D eigenvalue weighted by Gasteiger charge is 2.16. The van der Waals surface area contributed by atoms with E-state index in [-0.39, 0.29) is 11.9 Å². The van der Waals surface area contributed by atoms with Gasteiger partial charge in [-0.15, -0.1) is 0 Å². The van der Waals surface area contributed by atoms with E-state index in [0.29, 0.717) is 24.2 Å². The van der Waals surface area contributed by atoms with E-state index < -0.39 is 0 Å². The second-order valence-electron chi connectivity index (χ2n) is 6.74. The zero-order valence-corrected chi connectivity index (χ0v) is 15.3. The molecule has 6 heteroatoms. The van der Waals surface area contributed by atoms with Crippen molar-refractivity contribution in [1.82, 2.24) is 15.1 Å². The number of carbonyl (C=O) groups excluding carboxylic acids is 1. The summed E-state index contributed by atoms with van der Waals surface area (Å²) in [5.74, 6) is 0.0169. The van der Waals surface area contributed by atoms with Crippen molar-refractivity contribution >= 4 is 5.78 Å². The molecule has 1 aromatic heterocycles. The lowest BCUT2D eigenvalue weighted by Gasteiger charge is -2.24. The number of ether oxygens (including phenoxy) is 1. The largest absolute Gasteiger partial charge is 0.371 e. The van der Waals surface area contributed by atoms with Crippen molar-refractivity contribution in [2.45, 2.75) is 12.5 Å². The summed E-state index contributed by atoms with van der Waals surface area (Å²) in [6.45, 7) is 2.42. The smallest absolute Gasteiger partial charge is 0.170 e. The number of nitriles is 1. The van der Waals surface area contributed by atoms with Crippen LogP contribution in [-0.4, -0.2) is 35.3 Å². The number of aromatic nitrogens is 2. The van der Waals surface area contributed by atoms with Gasteiger partial charge in [-0.2, -0.15) is 10.4 Å². The lowest BCUT2D eigenvalue weighted by molar-refractivity contribution is 0.0277. The van der Waals surface area contributed by atoms with Crippen LogP contribution in [0.3, 0.4) is 0 Å². The maximum atomic E-state index is 12.6. The van der Waals surface area contributed by atoms with Crippen molar-refractivity contribution in [3.63, 3.8) is 0 Å². The van der Waals surface area contributed by atoms with Crippen molar-refractivity contribution in [2.75, 3.05) is 19.7 Å². The summed E-state index contributed by atoms with van der Waals surface area (Å²) in [5, 5.41) is 16.5. The number of benzene rings is 2. The number of hydrogen-bond donors (Lipinski definition) is 1. The molecule has 0 aliphatic carbocycles. The highest BCUT2D eigenvalue weighted by Crippen LogP contribution is 2.20. The topological polar surface area (TPSA) is 79.9 Å². The molecule has 1 aliphatic heterocycles. The molecule has 0 radical (unpaired) electrons. The fourth-order valence-electron chi connectivity index (χ4n) is 3.21. The second kappa shape index (κ2) is 8.17. The van der Waals surface area contributed by atoms with Crippen LogP contribution in [0, 0.1) is 11.3 Å². The molecular formula is C22H20N4O2. The molecule has 1 atom stereocenters. The first-order valence-electron chi connectivity index (χ1n) is 9.22. The number of carbonyl (C=O) groups is 1. The number of hydrogen-bond acceptors (Lipinski definition) is 5. The van der Waals surface area contributed by atoms with Crippen molar-refractivity contribution in [2.24, 2.45) is 0 Å². The first-order valence-corrected chi connectivity index (χ1v) is 9.22. The van der Waals surface area contributed by atoms with E-state index >= 15 is 0 Å². The standard InChI is InChI=1S/C22H20N4O2/c23-12-17-3-7-20(8-4-17)26-15-19(13-25-26)21(27)11-16-1-5-18(6-2-16)22-14-24-9-10-28-22/h1-8,13,15,22,24H,9-11,14H2/t22-/m1/s1. The predicted octanol–water partition coefficient (Wildman–Crippen LogP) is 2.83. The lowest BCUT2D eigenvalue weighted by atomic mass is 10.0. The van der Waals surface area contributed by atoms with Gasteiger partial charge in [-0.3, -0.25) is 4.79 Å². The lowest BCUT2D eigenvalue weighted by Crippen LogP contribution is -2.33. The average molecular weight is 372 g/mol. The summed E-state index contributed by atoms with van der Waals surface area (Å²) in [7, 11) is 0. The highest BCUT2D eigenvalue weighted by molar-refractivity contribution is 5.97. The molecule has 1 fully saturated rings. The van der Waals surface area contributed by atoms with Crippen molar-refractivity contribution in [1.29, 1.82) is 5.26 Å². The molecular weight excluding hydrogens is 352 g/mol. The van der Waals surface area contributed by atoms with E-state index in [0.717, 1.165) is 29.9 Å². The number of Topliss-reactive ketones (excluding diaryl/α,β-unsaturated/α-hetero) is 1. The maximum Gasteiger partial charge on any atom is 0.170 e. The Hall–Kier alpha value is -3.27. The quantitative estimate of drug-likeness (QED) is 0.697. The summed E-state index contributed by atoms with van der Waals surface area (Å²) in [5.41, 5.74) is 4.04. The van der Waals surface area contributed by atoms with E-state index in [1.807, 2.05) is 24.3 Å². The van der Waals surface area contributed by atoms with Crippen LogP contribution in [-0.2, 0) is 11.2 Å². The fraction of sp³-hybridized carbons (Fsp3) is 0.227. The molecule has 1 saturated heterocycles. The predicted molar refractivity (Wildman–Crippen MR) is 104 cm³/mol. The number of rotatable bonds is 5. The Morgan fingerprint density at radius 3 is 2.68 bits per heavy atom. The Morgan fingerprint density at radius 2 is 2.00 bits per heavy atom. The molecule has 1 N–H and O–H groups in total. The molecule has 140 valence electrons. The van der Waals surface area contributed by atoms with Gasteiger partial charge in [0.05, 0.1) is 41.8 Å². The first-order chi connectivity index (χ1) is 13.7. The average Bonchev–Trinajstić information content (AvgIpc) is 3.25. The zero-order chi connectivity index (χ0) is 19.3. The van der Waals surface area contributed by atoms with E-state index in [4.69, 9.17) is 10.00 Å². The molecule has 0 saturated carbocycles. The third-order valence-electron chi connectivity index (χ3n) is 4.81. The van der Waals surface area contributed by atoms with Gasteiger partial charge in [0, 0.05) is 25.7 Å². The Bertz CT molecular complexity index is 994. The van der Waals surface area contributed by atoms with Crippen LogP contribution < -0.4 is 5.32 Å². The van der Waals surface area contributed by atoms with E-state index in [1.165, 1.54) is 0 Å². The van der Waals surface area contributed by atoms with E-state index in [2.05, 4.69) is 16.5 Å². The second-order valence-corrected chi connectivity index (χ2v) is 6.74. The van der Waals surface area contributed by atoms with Gasteiger partial charge in [0.15, 0.2) is 5.78 Å². The van der Waals surface area contributed by atoms with Crippen LogP contribution in [0.2, 0.25) is 0 Å². The normalized spacial score (nSPS) is 16.5. The first kappa shape index (κ1) is 18.1. The summed E-state index contributed by atoms with van der Waals surface area (Å²) >= 11 is 0. The van der Waals surface area contributed by atoms with Crippen LogP contribution in [0.4, 0.5) is 0 Å². The molecule has 1 aliphatic rings. The molecule has 2 heterocycles. The van der Waals surface area contributed by atoms with Crippen LogP contribution in [0.1, 0.15) is 33.2 Å². The number of nitrogens with zero attached hydrogens (tertiary/aromatic N) is 3. The summed E-state index contributed by atoms with van der Waals surface area (Å²) in [6, 6.07) is 17.2. The molecule has 6 nitrogen and oxygen atoms in total. The Morgan fingerprint density at radius 1 is 1.21 bits per heavy atom. The summed E-state index contributed by atoms with van der Waals surface area (Å²) < 4.78 is 7.40. The van der Waals surface area contributed by atoms with Crippen molar-refractivity contribution < 1.29 is 9.53 Å². The zero-order valence-electron chi connectivity index (χ0n) is 15.3. The Balaban J connectivity index is 1.42. The molecule has 0 unspecified atom stereocenters. The fourth-order valence-corrected chi connectivity index (χ4v) is 3.21. The molecule has 2 aromatic carbocycles. The number of nitrogens with one attached hydrogen (secondary N) is 1. The van der Waals surface area contributed by atoms with Crippen LogP contribution in [0.15, 0.2) is 60.9 Å². The van der Waals surface area contributed by atoms with Gasteiger partial charge >= 0.3 is 0 Å². The summed E-state index contributed by atoms with van der Waals surface area (Å²) in [6.07, 6.45) is 3.70. The minimum atomic E-state index is 0.0169. The van der Waals surface area contributed by atoms with Crippen LogP contribution in [0.25, 0.3) is 5.69 Å². The molecule has 4 rings (SSSR count). The molecule has 0 bridgehead atoms.